The Morgan fingerprint density at radius 3 is 2.68 bits per heavy atom. The van der Waals surface area contributed by atoms with Crippen LogP contribution in [0.3, 0.4) is 0 Å². The third-order valence-electron chi connectivity index (χ3n) is 4.53. The van der Waals surface area contributed by atoms with Gasteiger partial charge in [0, 0.05) is 37.8 Å². The number of rotatable bonds is 5. The summed E-state index contributed by atoms with van der Waals surface area (Å²) < 4.78 is 0. The Kier molecular flexibility index (Phi) is 3.46. The molecule has 2 aliphatic rings. The minimum atomic E-state index is 0.542. The standard InChI is InChI=1S/C16H20N6/c1-21(8-13-6-7-17-11-18-13)14-9-22(10-14)16-5-4-15(19-20-16)12-2-3-12/h4-7,11-12,14H,2-3,8-10H2,1H3. The van der Waals surface area contributed by atoms with E-state index >= 15 is 0 Å². The van der Waals surface area contributed by atoms with E-state index in [1.54, 1.807) is 12.5 Å². The summed E-state index contributed by atoms with van der Waals surface area (Å²) in [7, 11) is 2.14. The lowest BCUT2D eigenvalue weighted by Gasteiger charge is -2.44. The maximum atomic E-state index is 4.38. The molecule has 114 valence electrons. The van der Waals surface area contributed by atoms with Crippen LogP contribution in [0.5, 0.6) is 0 Å². The summed E-state index contributed by atoms with van der Waals surface area (Å²) in [6.45, 7) is 2.85. The first-order valence-corrected chi connectivity index (χ1v) is 7.83. The molecule has 22 heavy (non-hydrogen) atoms. The number of hydrogen-bond donors (Lipinski definition) is 0. The van der Waals surface area contributed by atoms with Gasteiger partial charge in [-0.1, -0.05) is 0 Å². The third-order valence-corrected chi connectivity index (χ3v) is 4.53. The Labute approximate surface area is 130 Å². The van der Waals surface area contributed by atoms with Gasteiger partial charge in [0.2, 0.25) is 0 Å². The van der Waals surface area contributed by atoms with E-state index in [-0.39, 0.29) is 0 Å². The zero-order valence-electron chi connectivity index (χ0n) is 12.8. The molecule has 1 saturated carbocycles. The van der Waals surface area contributed by atoms with Crippen LogP contribution in [0.2, 0.25) is 0 Å². The molecular weight excluding hydrogens is 276 g/mol. The molecule has 6 nitrogen and oxygen atoms in total. The zero-order valence-corrected chi connectivity index (χ0v) is 12.8. The quantitative estimate of drug-likeness (QED) is 0.832. The van der Waals surface area contributed by atoms with Gasteiger partial charge in [-0.2, -0.15) is 5.10 Å². The highest BCUT2D eigenvalue weighted by molar-refractivity contribution is 5.42. The second-order valence-electron chi connectivity index (χ2n) is 6.27. The van der Waals surface area contributed by atoms with Crippen molar-refractivity contribution in [2.24, 2.45) is 0 Å². The molecule has 0 spiro atoms. The molecule has 0 aromatic carbocycles. The van der Waals surface area contributed by atoms with Crippen molar-refractivity contribution in [3.8, 4) is 0 Å². The van der Waals surface area contributed by atoms with Gasteiger partial charge >= 0.3 is 0 Å². The van der Waals surface area contributed by atoms with Crippen LogP contribution in [-0.4, -0.2) is 51.2 Å². The highest BCUT2D eigenvalue weighted by atomic mass is 15.4. The van der Waals surface area contributed by atoms with Crippen LogP contribution in [0.1, 0.15) is 30.1 Å². The van der Waals surface area contributed by atoms with Crippen LogP contribution < -0.4 is 4.90 Å². The van der Waals surface area contributed by atoms with E-state index in [9.17, 15) is 0 Å². The topological polar surface area (TPSA) is 58.0 Å². The number of anilines is 1. The maximum absolute atomic E-state index is 4.38. The molecule has 2 aromatic heterocycles. The fraction of sp³-hybridized carbons (Fsp3) is 0.500. The molecule has 0 amide bonds. The molecular formula is C16H20N6. The lowest BCUT2D eigenvalue weighted by atomic mass is 10.1. The van der Waals surface area contributed by atoms with Crippen molar-refractivity contribution in [3.05, 3.63) is 42.1 Å². The van der Waals surface area contributed by atoms with E-state index in [0.29, 0.717) is 12.0 Å². The normalized spacial score (nSPS) is 18.5. The van der Waals surface area contributed by atoms with Crippen LogP contribution in [0.25, 0.3) is 0 Å². The second kappa shape index (κ2) is 5.61. The first-order chi connectivity index (χ1) is 10.8. The Morgan fingerprint density at radius 1 is 1.18 bits per heavy atom. The zero-order chi connectivity index (χ0) is 14.9. The molecule has 2 aromatic rings. The molecule has 3 heterocycles. The molecule has 0 unspecified atom stereocenters. The Hall–Kier alpha value is -2.08. The molecule has 4 rings (SSSR count). The van der Waals surface area contributed by atoms with Gasteiger partial charge in [-0.25, -0.2) is 9.97 Å². The SMILES string of the molecule is CN(Cc1ccncn1)C1CN(c2ccc(C3CC3)nn2)C1. The van der Waals surface area contributed by atoms with Crippen LogP contribution in [-0.2, 0) is 6.54 Å². The van der Waals surface area contributed by atoms with Crippen molar-refractivity contribution in [2.45, 2.75) is 31.3 Å². The molecule has 6 heteroatoms. The van der Waals surface area contributed by atoms with Crippen molar-refractivity contribution in [3.63, 3.8) is 0 Å². The van der Waals surface area contributed by atoms with Crippen molar-refractivity contribution in [2.75, 3.05) is 25.0 Å². The first-order valence-electron chi connectivity index (χ1n) is 7.83. The lowest BCUT2D eigenvalue weighted by molar-refractivity contribution is 0.194. The molecule has 1 saturated heterocycles. The number of aromatic nitrogens is 4. The highest BCUT2D eigenvalue weighted by Gasteiger charge is 2.32. The predicted molar refractivity (Wildman–Crippen MR) is 83.5 cm³/mol. The van der Waals surface area contributed by atoms with Gasteiger partial charge in [0.15, 0.2) is 5.82 Å². The summed E-state index contributed by atoms with van der Waals surface area (Å²) in [4.78, 5) is 12.9. The smallest absolute Gasteiger partial charge is 0.151 e. The molecule has 0 bridgehead atoms. The molecule has 1 aliphatic heterocycles. The Bertz CT molecular complexity index is 619. The van der Waals surface area contributed by atoms with Gasteiger partial charge in [0.1, 0.15) is 6.33 Å². The summed E-state index contributed by atoms with van der Waals surface area (Å²) in [5.74, 6) is 1.67. The minimum absolute atomic E-state index is 0.542. The lowest BCUT2D eigenvalue weighted by Crippen LogP contribution is -2.58. The highest BCUT2D eigenvalue weighted by Crippen LogP contribution is 2.38. The number of hydrogen-bond acceptors (Lipinski definition) is 6. The van der Waals surface area contributed by atoms with Gasteiger partial charge in [-0.15, -0.1) is 5.10 Å². The van der Waals surface area contributed by atoms with E-state index in [2.05, 4.69) is 49.1 Å². The first kappa shape index (κ1) is 13.6. The van der Waals surface area contributed by atoms with Crippen LogP contribution in [0.15, 0.2) is 30.7 Å². The third kappa shape index (κ3) is 2.78. The van der Waals surface area contributed by atoms with Crippen molar-refractivity contribution < 1.29 is 0 Å². The van der Waals surface area contributed by atoms with E-state index < -0.39 is 0 Å². The van der Waals surface area contributed by atoms with Gasteiger partial charge in [-0.3, -0.25) is 4.90 Å². The van der Waals surface area contributed by atoms with Crippen LogP contribution in [0.4, 0.5) is 5.82 Å². The number of likely N-dealkylation sites (N-methyl/N-ethyl adjacent to an activating group) is 1. The van der Waals surface area contributed by atoms with Crippen molar-refractivity contribution in [1.29, 1.82) is 0 Å². The van der Waals surface area contributed by atoms with E-state index in [1.807, 2.05) is 6.07 Å². The van der Waals surface area contributed by atoms with Crippen LogP contribution >= 0.6 is 0 Å². The Balaban J connectivity index is 1.31. The molecule has 0 atom stereocenters. The summed E-state index contributed by atoms with van der Waals surface area (Å²) >= 11 is 0. The fourth-order valence-corrected chi connectivity index (χ4v) is 2.82. The number of nitrogens with zero attached hydrogens (tertiary/aromatic N) is 6. The fourth-order valence-electron chi connectivity index (χ4n) is 2.82. The molecule has 2 fully saturated rings. The predicted octanol–water partition coefficient (Wildman–Crippen LogP) is 1.46. The molecule has 0 N–H and O–H groups in total. The largest absolute Gasteiger partial charge is 0.352 e. The summed E-state index contributed by atoms with van der Waals surface area (Å²) in [5, 5.41) is 8.74. The minimum Gasteiger partial charge on any atom is -0.352 e. The molecule has 1 aliphatic carbocycles. The summed E-state index contributed by atoms with van der Waals surface area (Å²) in [6, 6.07) is 6.76. The van der Waals surface area contributed by atoms with E-state index in [1.165, 1.54) is 12.8 Å². The second-order valence-corrected chi connectivity index (χ2v) is 6.27. The maximum Gasteiger partial charge on any atom is 0.151 e. The average molecular weight is 296 g/mol. The van der Waals surface area contributed by atoms with Gasteiger partial charge in [-0.05, 0) is 38.1 Å². The van der Waals surface area contributed by atoms with Gasteiger partial charge in [0.25, 0.3) is 0 Å². The Morgan fingerprint density at radius 2 is 2.05 bits per heavy atom. The van der Waals surface area contributed by atoms with Gasteiger partial charge < -0.3 is 4.90 Å². The van der Waals surface area contributed by atoms with Crippen LogP contribution in [0, 0.1) is 0 Å². The van der Waals surface area contributed by atoms with E-state index in [0.717, 1.165) is 36.8 Å². The van der Waals surface area contributed by atoms with E-state index in [4.69, 9.17) is 0 Å². The summed E-state index contributed by atoms with van der Waals surface area (Å²) in [6.07, 6.45) is 5.94. The van der Waals surface area contributed by atoms with Crippen molar-refractivity contribution in [1.82, 2.24) is 25.1 Å². The summed E-state index contributed by atoms with van der Waals surface area (Å²) in [5.41, 5.74) is 2.21. The van der Waals surface area contributed by atoms with Gasteiger partial charge in [0.05, 0.1) is 11.4 Å². The molecule has 0 radical (unpaired) electrons. The monoisotopic (exact) mass is 296 g/mol. The average Bonchev–Trinajstić information content (AvgIpc) is 3.32. The van der Waals surface area contributed by atoms with Crippen molar-refractivity contribution >= 4 is 5.82 Å².